The van der Waals surface area contributed by atoms with Gasteiger partial charge in [-0.15, -0.1) is 0 Å². The molecule has 0 bridgehead atoms. The topological polar surface area (TPSA) is 98.5 Å². The van der Waals surface area contributed by atoms with Gasteiger partial charge >= 0.3 is 5.97 Å². The lowest BCUT2D eigenvalue weighted by atomic mass is 10.1. The Balaban J connectivity index is 1.97. The standard InChI is InChI=1S/C14H20N2O4S/c1-2-20-14(17)11-3-4-13(12(15)7-11)16-8-10-5-6-21(18,19)9-10/h3-4,7,10,16H,2,5-6,8-9,15H2,1H3. The molecule has 1 unspecified atom stereocenters. The van der Waals surface area contributed by atoms with E-state index in [9.17, 15) is 13.2 Å². The van der Waals surface area contributed by atoms with Gasteiger partial charge in [-0.25, -0.2) is 13.2 Å². The molecular weight excluding hydrogens is 292 g/mol. The Kier molecular flexibility index (Phi) is 4.72. The van der Waals surface area contributed by atoms with Crippen molar-refractivity contribution >= 4 is 27.2 Å². The number of ether oxygens (including phenoxy) is 1. The van der Waals surface area contributed by atoms with Crippen molar-refractivity contribution in [1.82, 2.24) is 0 Å². The van der Waals surface area contributed by atoms with E-state index in [1.54, 1.807) is 25.1 Å². The van der Waals surface area contributed by atoms with Gasteiger partial charge in [-0.2, -0.15) is 0 Å². The summed E-state index contributed by atoms with van der Waals surface area (Å²) in [5.41, 5.74) is 7.46. The lowest BCUT2D eigenvalue weighted by Gasteiger charge is -2.13. The van der Waals surface area contributed by atoms with E-state index in [4.69, 9.17) is 10.5 Å². The molecule has 1 atom stereocenters. The van der Waals surface area contributed by atoms with Crippen LogP contribution in [0.5, 0.6) is 0 Å². The van der Waals surface area contributed by atoms with Gasteiger partial charge in [0.15, 0.2) is 9.84 Å². The predicted octanol–water partition coefficient (Wildman–Crippen LogP) is 1.29. The number of anilines is 2. The summed E-state index contributed by atoms with van der Waals surface area (Å²) in [5, 5.41) is 3.15. The number of benzene rings is 1. The molecule has 3 N–H and O–H groups in total. The Hall–Kier alpha value is -1.76. The molecule has 21 heavy (non-hydrogen) atoms. The Morgan fingerprint density at radius 1 is 1.48 bits per heavy atom. The number of carbonyl (C=O) groups is 1. The summed E-state index contributed by atoms with van der Waals surface area (Å²) in [6, 6.07) is 4.92. The van der Waals surface area contributed by atoms with Crippen LogP contribution < -0.4 is 11.1 Å². The summed E-state index contributed by atoms with van der Waals surface area (Å²) in [5.74, 6) is 0.189. The van der Waals surface area contributed by atoms with E-state index in [2.05, 4.69) is 5.32 Å². The summed E-state index contributed by atoms with van der Waals surface area (Å²) in [7, 11) is -2.87. The summed E-state index contributed by atoms with van der Waals surface area (Å²) in [6.07, 6.45) is 0.677. The molecule has 0 aromatic heterocycles. The molecule has 1 aromatic carbocycles. The van der Waals surface area contributed by atoms with Crippen molar-refractivity contribution in [2.24, 2.45) is 5.92 Å². The third kappa shape index (κ3) is 4.10. The lowest BCUT2D eigenvalue weighted by molar-refractivity contribution is 0.0526. The number of esters is 1. The van der Waals surface area contributed by atoms with E-state index in [0.29, 0.717) is 36.5 Å². The molecule has 0 spiro atoms. The number of hydrogen-bond donors (Lipinski definition) is 2. The third-order valence-corrected chi connectivity index (χ3v) is 5.31. The van der Waals surface area contributed by atoms with Crippen molar-refractivity contribution < 1.29 is 17.9 Å². The van der Waals surface area contributed by atoms with Crippen molar-refractivity contribution in [3.05, 3.63) is 23.8 Å². The average Bonchev–Trinajstić information content (AvgIpc) is 2.77. The minimum atomic E-state index is -2.87. The quantitative estimate of drug-likeness (QED) is 0.628. The lowest BCUT2D eigenvalue weighted by Crippen LogP contribution is -2.16. The second-order valence-corrected chi connectivity index (χ2v) is 7.40. The molecule has 0 saturated carbocycles. The zero-order valence-electron chi connectivity index (χ0n) is 12.0. The number of sulfone groups is 1. The predicted molar refractivity (Wildman–Crippen MR) is 82.1 cm³/mol. The molecule has 7 heteroatoms. The van der Waals surface area contributed by atoms with Gasteiger partial charge < -0.3 is 15.8 Å². The van der Waals surface area contributed by atoms with E-state index in [1.165, 1.54) is 0 Å². The maximum Gasteiger partial charge on any atom is 0.338 e. The normalized spacial score (nSPS) is 20.1. The van der Waals surface area contributed by atoms with Crippen LogP contribution >= 0.6 is 0 Å². The highest BCUT2D eigenvalue weighted by Gasteiger charge is 2.27. The molecule has 2 rings (SSSR count). The number of carbonyl (C=O) groups excluding carboxylic acids is 1. The molecule has 1 aromatic rings. The van der Waals surface area contributed by atoms with Gasteiger partial charge in [0, 0.05) is 6.54 Å². The van der Waals surface area contributed by atoms with Crippen LogP contribution in [0.4, 0.5) is 11.4 Å². The van der Waals surface area contributed by atoms with Gasteiger partial charge in [-0.3, -0.25) is 0 Å². The molecule has 1 fully saturated rings. The van der Waals surface area contributed by atoms with Crippen LogP contribution in [0, 0.1) is 5.92 Å². The second kappa shape index (κ2) is 6.34. The number of nitrogens with two attached hydrogens (primary N) is 1. The van der Waals surface area contributed by atoms with E-state index >= 15 is 0 Å². The summed E-state index contributed by atoms with van der Waals surface area (Å²) in [6.45, 7) is 2.61. The van der Waals surface area contributed by atoms with Crippen LogP contribution in [-0.4, -0.2) is 39.0 Å². The van der Waals surface area contributed by atoms with Crippen molar-refractivity contribution in [1.29, 1.82) is 0 Å². The first-order valence-corrected chi connectivity index (χ1v) is 8.74. The summed E-state index contributed by atoms with van der Waals surface area (Å²) < 4.78 is 27.7. The molecule has 1 saturated heterocycles. The summed E-state index contributed by atoms with van der Waals surface area (Å²) >= 11 is 0. The average molecular weight is 312 g/mol. The monoisotopic (exact) mass is 312 g/mol. The maximum absolute atomic E-state index is 11.6. The van der Waals surface area contributed by atoms with Gasteiger partial charge in [0.2, 0.25) is 0 Å². The molecule has 0 amide bonds. The van der Waals surface area contributed by atoms with Crippen molar-refractivity contribution in [2.75, 3.05) is 35.7 Å². The first-order valence-electron chi connectivity index (χ1n) is 6.92. The fourth-order valence-electron chi connectivity index (χ4n) is 2.35. The van der Waals surface area contributed by atoms with Crippen LogP contribution in [0.25, 0.3) is 0 Å². The highest BCUT2D eigenvalue weighted by Crippen LogP contribution is 2.23. The number of rotatable bonds is 5. The number of nitrogen functional groups attached to an aromatic ring is 1. The fourth-order valence-corrected chi connectivity index (χ4v) is 4.21. The zero-order chi connectivity index (χ0) is 15.5. The zero-order valence-corrected chi connectivity index (χ0v) is 12.8. The van der Waals surface area contributed by atoms with Crippen molar-refractivity contribution in [3.63, 3.8) is 0 Å². The smallest absolute Gasteiger partial charge is 0.338 e. The minimum Gasteiger partial charge on any atom is -0.462 e. The molecule has 6 nitrogen and oxygen atoms in total. The van der Waals surface area contributed by atoms with E-state index in [-0.39, 0.29) is 17.4 Å². The minimum absolute atomic E-state index is 0.110. The van der Waals surface area contributed by atoms with Gasteiger partial charge in [-0.05, 0) is 37.5 Å². The number of nitrogens with one attached hydrogen (secondary N) is 1. The highest BCUT2D eigenvalue weighted by molar-refractivity contribution is 7.91. The molecule has 116 valence electrons. The van der Waals surface area contributed by atoms with Crippen LogP contribution in [0.1, 0.15) is 23.7 Å². The molecule has 0 radical (unpaired) electrons. The van der Waals surface area contributed by atoms with Gasteiger partial charge in [0.1, 0.15) is 0 Å². The Labute approximate surface area is 124 Å². The van der Waals surface area contributed by atoms with Crippen LogP contribution in [0.15, 0.2) is 18.2 Å². The Morgan fingerprint density at radius 2 is 2.24 bits per heavy atom. The molecule has 1 aliphatic heterocycles. The molecule has 1 aliphatic rings. The third-order valence-electron chi connectivity index (χ3n) is 3.47. The van der Waals surface area contributed by atoms with E-state index < -0.39 is 15.8 Å². The van der Waals surface area contributed by atoms with E-state index in [1.807, 2.05) is 0 Å². The van der Waals surface area contributed by atoms with Gasteiger partial charge in [0.25, 0.3) is 0 Å². The fraction of sp³-hybridized carbons (Fsp3) is 0.500. The van der Waals surface area contributed by atoms with Gasteiger partial charge in [-0.1, -0.05) is 0 Å². The van der Waals surface area contributed by atoms with Crippen LogP contribution in [0.2, 0.25) is 0 Å². The molecule has 1 heterocycles. The largest absolute Gasteiger partial charge is 0.462 e. The summed E-state index contributed by atoms with van der Waals surface area (Å²) in [4.78, 5) is 11.6. The molecular formula is C14H20N2O4S. The SMILES string of the molecule is CCOC(=O)c1ccc(NCC2CCS(=O)(=O)C2)c(N)c1. The second-order valence-electron chi connectivity index (χ2n) is 5.17. The van der Waals surface area contributed by atoms with Crippen molar-refractivity contribution in [2.45, 2.75) is 13.3 Å². The highest BCUT2D eigenvalue weighted by atomic mass is 32.2. The maximum atomic E-state index is 11.6. The Bertz CT molecular complexity index is 628. The van der Waals surface area contributed by atoms with Crippen molar-refractivity contribution in [3.8, 4) is 0 Å². The van der Waals surface area contributed by atoms with Crippen LogP contribution in [-0.2, 0) is 14.6 Å². The van der Waals surface area contributed by atoms with Crippen LogP contribution in [0.3, 0.4) is 0 Å². The first-order chi connectivity index (χ1) is 9.91. The molecule has 0 aliphatic carbocycles. The van der Waals surface area contributed by atoms with E-state index in [0.717, 1.165) is 0 Å². The van der Waals surface area contributed by atoms with Gasteiger partial charge in [0.05, 0.1) is 35.1 Å². The first kappa shape index (κ1) is 15.6. The Morgan fingerprint density at radius 3 is 2.81 bits per heavy atom. The number of hydrogen-bond acceptors (Lipinski definition) is 6.